The van der Waals surface area contributed by atoms with Crippen molar-refractivity contribution < 1.29 is 19.0 Å². The van der Waals surface area contributed by atoms with Gasteiger partial charge in [0.15, 0.2) is 11.5 Å². The monoisotopic (exact) mass is 515 g/mol. The zero-order valence-corrected chi connectivity index (χ0v) is 23.8. The van der Waals surface area contributed by atoms with E-state index in [0.29, 0.717) is 18.1 Å². The molecule has 2 atom stereocenters. The molecule has 200 valence electrons. The minimum absolute atomic E-state index is 0.161. The number of hydrogen-bond acceptors (Lipinski definition) is 6. The van der Waals surface area contributed by atoms with Gasteiger partial charge in [0.1, 0.15) is 5.60 Å². The third-order valence-corrected chi connectivity index (χ3v) is 9.18. The van der Waals surface area contributed by atoms with Crippen LogP contribution in [0, 0.1) is 5.92 Å². The molecule has 3 aliphatic heterocycles. The maximum absolute atomic E-state index is 13.1. The van der Waals surface area contributed by atoms with Gasteiger partial charge in [0.25, 0.3) is 0 Å². The zero-order valence-electron chi connectivity index (χ0n) is 23.0. The Kier molecular flexibility index (Phi) is 9.45. The van der Waals surface area contributed by atoms with E-state index in [1.165, 1.54) is 36.8 Å². The highest BCUT2D eigenvalue weighted by Gasteiger charge is 2.40. The van der Waals surface area contributed by atoms with E-state index >= 15 is 0 Å². The highest BCUT2D eigenvalue weighted by Crippen LogP contribution is 2.52. The van der Waals surface area contributed by atoms with Crippen molar-refractivity contribution in [2.75, 3.05) is 44.4 Å². The second-order valence-corrected chi connectivity index (χ2v) is 12.2. The highest BCUT2D eigenvalue weighted by atomic mass is 32.2. The van der Waals surface area contributed by atoms with Crippen LogP contribution in [0.15, 0.2) is 17.7 Å². The summed E-state index contributed by atoms with van der Waals surface area (Å²) < 4.78 is 18.3. The van der Waals surface area contributed by atoms with Crippen LogP contribution < -0.4 is 9.47 Å². The van der Waals surface area contributed by atoms with E-state index in [2.05, 4.69) is 51.7 Å². The van der Waals surface area contributed by atoms with Gasteiger partial charge in [-0.25, -0.2) is 0 Å². The maximum Gasteiger partial charge on any atom is 0.311 e. The molecule has 0 saturated carbocycles. The second-order valence-electron chi connectivity index (χ2n) is 11.2. The number of carbonyl (C=O) groups excluding carboxylic acids is 1. The normalized spacial score (nSPS) is 20.9. The molecule has 36 heavy (non-hydrogen) atoms. The summed E-state index contributed by atoms with van der Waals surface area (Å²) in [7, 11) is 0. The van der Waals surface area contributed by atoms with Crippen LogP contribution in [-0.4, -0.2) is 60.8 Å². The van der Waals surface area contributed by atoms with Crippen LogP contribution in [0.4, 0.5) is 0 Å². The van der Waals surface area contributed by atoms with E-state index in [0.717, 1.165) is 67.7 Å². The number of fused-ring (bicyclic) bond motifs is 2. The van der Waals surface area contributed by atoms with Crippen molar-refractivity contribution in [3.8, 4) is 11.5 Å². The summed E-state index contributed by atoms with van der Waals surface area (Å²) in [6.45, 7) is 15.5. The summed E-state index contributed by atoms with van der Waals surface area (Å²) in [6, 6.07) is 4.41. The van der Waals surface area contributed by atoms with Crippen LogP contribution in [0.1, 0.15) is 90.2 Å². The molecule has 2 unspecified atom stereocenters. The molecular weight excluding hydrogens is 470 g/mol. The topological polar surface area (TPSA) is 48.0 Å². The lowest BCUT2D eigenvalue weighted by atomic mass is 9.82. The largest absolute Gasteiger partial charge is 0.479 e. The van der Waals surface area contributed by atoms with Gasteiger partial charge in [-0.15, -0.1) is 0 Å². The Morgan fingerprint density at radius 2 is 1.92 bits per heavy atom. The van der Waals surface area contributed by atoms with Gasteiger partial charge < -0.3 is 14.2 Å². The molecule has 1 aromatic carbocycles. The van der Waals surface area contributed by atoms with Gasteiger partial charge in [0.05, 0.1) is 13.2 Å². The fourth-order valence-electron chi connectivity index (χ4n) is 5.61. The van der Waals surface area contributed by atoms with Crippen LogP contribution in [-0.2, 0) is 9.53 Å². The van der Waals surface area contributed by atoms with Crippen molar-refractivity contribution in [1.82, 2.24) is 4.90 Å². The van der Waals surface area contributed by atoms with Crippen LogP contribution >= 0.6 is 11.8 Å². The summed E-state index contributed by atoms with van der Waals surface area (Å²) in [5, 5.41) is 0. The molecule has 6 heteroatoms. The molecule has 1 fully saturated rings. The van der Waals surface area contributed by atoms with Gasteiger partial charge in [-0.3, -0.25) is 9.69 Å². The van der Waals surface area contributed by atoms with E-state index in [9.17, 15) is 4.79 Å². The van der Waals surface area contributed by atoms with E-state index in [1.807, 2.05) is 11.8 Å². The first kappa shape index (κ1) is 27.5. The Morgan fingerprint density at radius 1 is 1.14 bits per heavy atom. The number of nitrogens with zero attached hydrogens (tertiary/aromatic N) is 1. The van der Waals surface area contributed by atoms with Crippen molar-refractivity contribution in [3.05, 3.63) is 28.8 Å². The minimum Gasteiger partial charge on any atom is -0.479 e. The first-order valence-electron chi connectivity index (χ1n) is 14.0. The average molecular weight is 516 g/mol. The number of esters is 1. The predicted octanol–water partition coefficient (Wildman–Crippen LogP) is 6.70. The number of ether oxygens (including phenoxy) is 3. The number of morpholine rings is 1. The van der Waals surface area contributed by atoms with Crippen LogP contribution in [0.3, 0.4) is 0 Å². The Hall–Kier alpha value is -1.50. The molecule has 0 aliphatic carbocycles. The summed E-state index contributed by atoms with van der Waals surface area (Å²) in [4.78, 5) is 15.5. The third kappa shape index (κ3) is 6.31. The molecule has 0 aromatic heterocycles. The molecule has 0 amide bonds. The van der Waals surface area contributed by atoms with Crippen LogP contribution in [0.5, 0.6) is 11.5 Å². The minimum atomic E-state index is -0.391. The van der Waals surface area contributed by atoms with Gasteiger partial charge >= 0.3 is 5.97 Å². The number of rotatable bonds is 11. The molecule has 3 heterocycles. The van der Waals surface area contributed by atoms with Gasteiger partial charge in [0.2, 0.25) is 0 Å². The fourth-order valence-corrected chi connectivity index (χ4v) is 6.98. The fraction of sp³-hybridized carbons (Fsp3) is 0.700. The number of unbranched alkanes of at least 4 members (excludes halogenated alkanes) is 2. The molecule has 0 N–H and O–H groups in total. The molecule has 5 nitrogen and oxygen atoms in total. The molecule has 1 aromatic rings. The van der Waals surface area contributed by atoms with Gasteiger partial charge in [0, 0.05) is 42.1 Å². The van der Waals surface area contributed by atoms with E-state index in [1.54, 1.807) is 0 Å². The van der Waals surface area contributed by atoms with Crippen molar-refractivity contribution in [3.63, 3.8) is 0 Å². The standard InChI is InChI=1S/C30H45NO4S/c1-6-7-8-10-21(2)22(3)23-12-13-24-25-19-36-20-26(25)30(4,5)35-29(24)28(23)34-27(32)11-9-14-31-15-17-33-18-16-31/h12-13,21-22H,6-11,14-20H2,1-5H3. The molecule has 3 aliphatic rings. The zero-order chi connectivity index (χ0) is 25.7. The molecular formula is C30H45NO4S. The van der Waals surface area contributed by atoms with Crippen molar-refractivity contribution in [1.29, 1.82) is 0 Å². The summed E-state index contributed by atoms with van der Waals surface area (Å²) in [5.41, 5.74) is 4.56. The molecule has 0 radical (unpaired) electrons. The van der Waals surface area contributed by atoms with Crippen molar-refractivity contribution in [2.45, 2.75) is 84.7 Å². The van der Waals surface area contributed by atoms with Gasteiger partial charge in [-0.1, -0.05) is 58.6 Å². The van der Waals surface area contributed by atoms with Crippen LogP contribution in [0.25, 0.3) is 5.57 Å². The lowest BCUT2D eigenvalue weighted by Crippen LogP contribution is -2.37. The number of thioether (sulfide) groups is 1. The van der Waals surface area contributed by atoms with E-state index in [-0.39, 0.29) is 11.9 Å². The Bertz CT molecular complexity index is 951. The molecule has 4 rings (SSSR count). The van der Waals surface area contributed by atoms with Crippen molar-refractivity contribution >= 4 is 23.3 Å². The first-order valence-corrected chi connectivity index (χ1v) is 15.1. The Balaban J connectivity index is 1.57. The lowest BCUT2D eigenvalue weighted by molar-refractivity contribution is -0.134. The van der Waals surface area contributed by atoms with Gasteiger partial charge in [-0.05, 0) is 49.8 Å². The number of benzene rings is 1. The van der Waals surface area contributed by atoms with E-state index in [4.69, 9.17) is 14.2 Å². The third-order valence-electron chi connectivity index (χ3n) is 8.19. The van der Waals surface area contributed by atoms with Gasteiger partial charge in [-0.2, -0.15) is 11.8 Å². The maximum atomic E-state index is 13.1. The second kappa shape index (κ2) is 12.4. The average Bonchev–Trinajstić information content (AvgIpc) is 3.36. The molecule has 0 spiro atoms. The smallest absolute Gasteiger partial charge is 0.311 e. The predicted molar refractivity (Wildman–Crippen MR) is 149 cm³/mol. The number of hydrogen-bond donors (Lipinski definition) is 0. The lowest BCUT2D eigenvalue weighted by Gasteiger charge is -2.36. The molecule has 0 bridgehead atoms. The summed E-state index contributed by atoms with van der Waals surface area (Å²) in [6.07, 6.45) is 6.11. The first-order chi connectivity index (χ1) is 17.3. The van der Waals surface area contributed by atoms with Crippen molar-refractivity contribution in [2.24, 2.45) is 5.92 Å². The molecule has 1 saturated heterocycles. The SMILES string of the molecule is CCCCCC(C)C(C)c1ccc2c(c1OC(=O)CCCN1CCOCC1)OC(C)(C)C1=C2CSC1. The highest BCUT2D eigenvalue weighted by molar-refractivity contribution is 8.00. The Morgan fingerprint density at radius 3 is 2.67 bits per heavy atom. The summed E-state index contributed by atoms with van der Waals surface area (Å²) in [5.74, 6) is 4.05. The Labute approximate surface area is 222 Å². The number of carbonyl (C=O) groups is 1. The van der Waals surface area contributed by atoms with E-state index < -0.39 is 5.60 Å². The summed E-state index contributed by atoms with van der Waals surface area (Å²) >= 11 is 1.94. The van der Waals surface area contributed by atoms with Crippen LogP contribution in [0.2, 0.25) is 0 Å². The quantitative estimate of drug-likeness (QED) is 0.186.